The molecule has 2 heterocycles. The van der Waals surface area contributed by atoms with Crippen molar-refractivity contribution in [1.29, 1.82) is 0 Å². The van der Waals surface area contributed by atoms with E-state index in [0.29, 0.717) is 11.1 Å². The van der Waals surface area contributed by atoms with Gasteiger partial charge in [0.05, 0.1) is 5.69 Å². The van der Waals surface area contributed by atoms with Crippen molar-refractivity contribution in [3.63, 3.8) is 0 Å². The molecule has 0 aromatic carbocycles. The van der Waals surface area contributed by atoms with Gasteiger partial charge < -0.3 is 10.3 Å². The SMILES string of the molecule is O=c1[nH]c(Cl)c(C2CCNCC2)[nH]1. The first-order valence-corrected chi connectivity index (χ1v) is 4.83. The molecular formula is C8H12ClN3O. The molecule has 13 heavy (non-hydrogen) atoms. The highest BCUT2D eigenvalue weighted by molar-refractivity contribution is 6.30. The third-order valence-corrected chi connectivity index (χ3v) is 2.75. The summed E-state index contributed by atoms with van der Waals surface area (Å²) in [6, 6.07) is 0. The normalized spacial score (nSPS) is 19.2. The van der Waals surface area contributed by atoms with Crippen LogP contribution in [0.1, 0.15) is 24.5 Å². The minimum absolute atomic E-state index is 0.210. The quantitative estimate of drug-likeness (QED) is 0.630. The van der Waals surface area contributed by atoms with Crippen LogP contribution in [-0.4, -0.2) is 23.1 Å². The van der Waals surface area contributed by atoms with Crippen molar-refractivity contribution in [1.82, 2.24) is 15.3 Å². The van der Waals surface area contributed by atoms with Crippen LogP contribution >= 0.6 is 11.6 Å². The molecule has 72 valence electrons. The summed E-state index contributed by atoms with van der Waals surface area (Å²) in [5, 5.41) is 3.73. The Morgan fingerprint density at radius 1 is 1.23 bits per heavy atom. The predicted octanol–water partition coefficient (Wildman–Crippen LogP) is 0.823. The van der Waals surface area contributed by atoms with Gasteiger partial charge in [0.25, 0.3) is 0 Å². The first-order valence-electron chi connectivity index (χ1n) is 4.46. The molecule has 0 saturated carbocycles. The molecule has 1 aromatic heterocycles. The highest BCUT2D eigenvalue weighted by Gasteiger charge is 2.19. The average molecular weight is 202 g/mol. The standard InChI is InChI=1S/C8H12ClN3O/c9-7-6(11-8(13)12-7)5-1-3-10-4-2-5/h5,10H,1-4H2,(H2,11,12,13). The molecule has 1 aromatic rings. The van der Waals surface area contributed by atoms with Gasteiger partial charge in [0.1, 0.15) is 5.15 Å². The predicted molar refractivity (Wildman–Crippen MR) is 51.3 cm³/mol. The van der Waals surface area contributed by atoms with Gasteiger partial charge in [0.2, 0.25) is 0 Å². The van der Waals surface area contributed by atoms with Crippen LogP contribution in [0, 0.1) is 0 Å². The number of imidazole rings is 1. The van der Waals surface area contributed by atoms with E-state index in [1.807, 2.05) is 0 Å². The van der Waals surface area contributed by atoms with E-state index in [1.165, 1.54) is 0 Å². The van der Waals surface area contributed by atoms with Crippen molar-refractivity contribution in [2.24, 2.45) is 0 Å². The van der Waals surface area contributed by atoms with Gasteiger partial charge in [0.15, 0.2) is 0 Å². The fraction of sp³-hybridized carbons (Fsp3) is 0.625. The second-order valence-corrected chi connectivity index (χ2v) is 3.71. The molecular weight excluding hydrogens is 190 g/mol. The minimum Gasteiger partial charge on any atom is -0.317 e. The van der Waals surface area contributed by atoms with E-state index in [-0.39, 0.29) is 5.69 Å². The van der Waals surface area contributed by atoms with Crippen molar-refractivity contribution in [3.8, 4) is 0 Å². The van der Waals surface area contributed by atoms with E-state index in [2.05, 4.69) is 15.3 Å². The number of hydrogen-bond acceptors (Lipinski definition) is 2. The first kappa shape index (κ1) is 8.84. The topological polar surface area (TPSA) is 60.7 Å². The van der Waals surface area contributed by atoms with Crippen LogP contribution in [-0.2, 0) is 0 Å². The Labute approximate surface area is 80.7 Å². The smallest absolute Gasteiger partial charge is 0.317 e. The fourth-order valence-corrected chi connectivity index (χ4v) is 2.05. The maximum atomic E-state index is 10.9. The average Bonchev–Trinajstić information content (AvgIpc) is 2.47. The zero-order valence-electron chi connectivity index (χ0n) is 7.19. The largest absolute Gasteiger partial charge is 0.324 e. The van der Waals surface area contributed by atoms with Gasteiger partial charge in [-0.1, -0.05) is 11.6 Å². The van der Waals surface area contributed by atoms with Crippen LogP contribution in [0.4, 0.5) is 0 Å². The molecule has 1 saturated heterocycles. The Morgan fingerprint density at radius 2 is 1.92 bits per heavy atom. The Kier molecular flexibility index (Phi) is 2.42. The summed E-state index contributed by atoms with van der Waals surface area (Å²) >= 11 is 5.87. The number of aromatic amines is 2. The number of hydrogen-bond donors (Lipinski definition) is 3. The van der Waals surface area contributed by atoms with Crippen LogP contribution < -0.4 is 11.0 Å². The zero-order valence-corrected chi connectivity index (χ0v) is 7.95. The van der Waals surface area contributed by atoms with Crippen molar-refractivity contribution in [3.05, 3.63) is 21.3 Å². The molecule has 0 spiro atoms. The lowest BCUT2D eigenvalue weighted by atomic mass is 9.95. The summed E-state index contributed by atoms with van der Waals surface area (Å²) in [7, 11) is 0. The lowest BCUT2D eigenvalue weighted by Gasteiger charge is -2.21. The molecule has 0 bridgehead atoms. The van der Waals surface area contributed by atoms with Crippen LogP contribution in [0.3, 0.4) is 0 Å². The van der Waals surface area contributed by atoms with Crippen LogP contribution in [0.2, 0.25) is 5.15 Å². The molecule has 0 aliphatic carbocycles. The van der Waals surface area contributed by atoms with Crippen molar-refractivity contribution in [2.75, 3.05) is 13.1 Å². The maximum absolute atomic E-state index is 10.9. The molecule has 0 unspecified atom stereocenters. The summed E-state index contributed by atoms with van der Waals surface area (Å²) in [4.78, 5) is 16.2. The molecule has 0 amide bonds. The van der Waals surface area contributed by atoms with E-state index in [4.69, 9.17) is 11.6 Å². The second kappa shape index (κ2) is 3.55. The van der Waals surface area contributed by atoms with Gasteiger partial charge in [0, 0.05) is 5.92 Å². The number of aromatic nitrogens is 2. The van der Waals surface area contributed by atoms with Gasteiger partial charge >= 0.3 is 5.69 Å². The summed E-state index contributed by atoms with van der Waals surface area (Å²) in [5.74, 6) is 0.396. The monoisotopic (exact) mass is 201 g/mol. The molecule has 1 aliphatic heterocycles. The summed E-state index contributed by atoms with van der Waals surface area (Å²) < 4.78 is 0. The first-order chi connectivity index (χ1) is 6.27. The van der Waals surface area contributed by atoms with Gasteiger partial charge in [-0.3, -0.25) is 4.98 Å². The molecule has 2 rings (SSSR count). The highest BCUT2D eigenvalue weighted by atomic mass is 35.5. The molecule has 0 radical (unpaired) electrons. The number of piperidine rings is 1. The van der Waals surface area contributed by atoms with E-state index < -0.39 is 0 Å². The lowest BCUT2D eigenvalue weighted by Crippen LogP contribution is -2.27. The molecule has 4 nitrogen and oxygen atoms in total. The third-order valence-electron chi connectivity index (χ3n) is 2.46. The minimum atomic E-state index is -0.210. The van der Waals surface area contributed by atoms with Crippen molar-refractivity contribution in [2.45, 2.75) is 18.8 Å². The maximum Gasteiger partial charge on any atom is 0.324 e. The van der Waals surface area contributed by atoms with Crippen LogP contribution in [0.25, 0.3) is 0 Å². The lowest BCUT2D eigenvalue weighted by molar-refractivity contribution is 0.454. The molecule has 3 N–H and O–H groups in total. The number of H-pyrrole nitrogens is 2. The number of rotatable bonds is 1. The third kappa shape index (κ3) is 1.78. The van der Waals surface area contributed by atoms with Gasteiger partial charge in [-0.2, -0.15) is 0 Å². The number of nitrogens with one attached hydrogen (secondary N) is 3. The van der Waals surface area contributed by atoms with E-state index in [9.17, 15) is 4.79 Å². The van der Waals surface area contributed by atoms with Crippen LogP contribution in [0.5, 0.6) is 0 Å². The summed E-state index contributed by atoms with van der Waals surface area (Å²) in [5.41, 5.74) is 0.659. The van der Waals surface area contributed by atoms with E-state index in [0.717, 1.165) is 31.6 Å². The van der Waals surface area contributed by atoms with Gasteiger partial charge in [-0.15, -0.1) is 0 Å². The number of halogens is 1. The summed E-state index contributed by atoms with van der Waals surface area (Å²) in [6.45, 7) is 1.99. The Morgan fingerprint density at radius 3 is 2.46 bits per heavy atom. The Bertz CT molecular complexity index is 337. The van der Waals surface area contributed by atoms with Gasteiger partial charge in [-0.25, -0.2) is 4.79 Å². The van der Waals surface area contributed by atoms with E-state index >= 15 is 0 Å². The zero-order chi connectivity index (χ0) is 9.26. The van der Waals surface area contributed by atoms with Crippen LogP contribution in [0.15, 0.2) is 4.79 Å². The molecule has 0 atom stereocenters. The van der Waals surface area contributed by atoms with Crippen molar-refractivity contribution < 1.29 is 0 Å². The second-order valence-electron chi connectivity index (χ2n) is 3.33. The Balaban J connectivity index is 2.23. The van der Waals surface area contributed by atoms with Crippen molar-refractivity contribution >= 4 is 11.6 Å². The van der Waals surface area contributed by atoms with E-state index in [1.54, 1.807) is 0 Å². The molecule has 1 aliphatic rings. The fourth-order valence-electron chi connectivity index (χ4n) is 1.77. The van der Waals surface area contributed by atoms with Gasteiger partial charge in [-0.05, 0) is 25.9 Å². The molecule has 1 fully saturated rings. The highest BCUT2D eigenvalue weighted by Crippen LogP contribution is 2.26. The molecule has 5 heteroatoms. The Hall–Kier alpha value is -0.740. The summed E-state index contributed by atoms with van der Waals surface area (Å²) in [6.07, 6.45) is 2.07.